The molecule has 1 N–H and O–H groups in total. The van der Waals surface area contributed by atoms with Crippen molar-refractivity contribution in [2.45, 2.75) is 51.1 Å². The predicted molar refractivity (Wildman–Crippen MR) is 65.4 cm³/mol. The molecule has 1 aliphatic carbocycles. The van der Waals surface area contributed by atoms with Crippen LogP contribution in [0.2, 0.25) is 0 Å². The zero-order valence-electron chi connectivity index (χ0n) is 10.9. The Morgan fingerprint density at radius 1 is 1.38 bits per heavy atom. The SMILES string of the molecule is CCC1(C)CN(CCF)C(C)(C2CC2)CN1. The van der Waals surface area contributed by atoms with Crippen LogP contribution in [0.4, 0.5) is 4.39 Å². The molecule has 3 heteroatoms. The molecule has 2 atom stereocenters. The number of hydrogen-bond acceptors (Lipinski definition) is 2. The number of nitrogens with one attached hydrogen (secondary N) is 1. The lowest BCUT2D eigenvalue weighted by Gasteiger charge is -2.52. The van der Waals surface area contributed by atoms with E-state index in [4.69, 9.17) is 0 Å². The highest BCUT2D eigenvalue weighted by Crippen LogP contribution is 2.44. The van der Waals surface area contributed by atoms with Crippen molar-refractivity contribution in [3.8, 4) is 0 Å². The zero-order valence-corrected chi connectivity index (χ0v) is 10.9. The summed E-state index contributed by atoms with van der Waals surface area (Å²) in [6.07, 6.45) is 3.75. The van der Waals surface area contributed by atoms with Crippen molar-refractivity contribution >= 4 is 0 Å². The van der Waals surface area contributed by atoms with Crippen molar-refractivity contribution < 1.29 is 4.39 Å². The second-order valence-corrected chi connectivity index (χ2v) is 6.01. The molecule has 0 aromatic rings. The number of rotatable bonds is 4. The summed E-state index contributed by atoms with van der Waals surface area (Å²) in [5.74, 6) is 0.785. The molecule has 1 saturated heterocycles. The Morgan fingerprint density at radius 3 is 2.56 bits per heavy atom. The van der Waals surface area contributed by atoms with E-state index >= 15 is 0 Å². The van der Waals surface area contributed by atoms with Gasteiger partial charge in [0.05, 0.1) is 0 Å². The smallest absolute Gasteiger partial charge is 0.102 e. The quantitative estimate of drug-likeness (QED) is 0.793. The number of alkyl halides is 1. The first-order valence-corrected chi connectivity index (χ1v) is 6.60. The Balaban J connectivity index is 2.10. The molecule has 94 valence electrons. The Labute approximate surface area is 98.6 Å². The van der Waals surface area contributed by atoms with Gasteiger partial charge in [-0.25, -0.2) is 4.39 Å². The van der Waals surface area contributed by atoms with Crippen LogP contribution in [-0.4, -0.2) is 42.3 Å². The molecule has 2 fully saturated rings. The van der Waals surface area contributed by atoms with E-state index in [0.717, 1.165) is 25.4 Å². The van der Waals surface area contributed by atoms with Gasteiger partial charge in [0, 0.05) is 30.7 Å². The summed E-state index contributed by atoms with van der Waals surface area (Å²) in [6, 6.07) is 0. The number of halogens is 1. The fourth-order valence-corrected chi connectivity index (χ4v) is 2.94. The third-order valence-corrected chi connectivity index (χ3v) is 4.73. The third kappa shape index (κ3) is 2.12. The monoisotopic (exact) mass is 228 g/mol. The van der Waals surface area contributed by atoms with Crippen LogP contribution in [0.1, 0.15) is 40.0 Å². The van der Waals surface area contributed by atoms with Crippen LogP contribution in [-0.2, 0) is 0 Å². The minimum atomic E-state index is -0.220. The normalized spacial score (nSPS) is 41.2. The van der Waals surface area contributed by atoms with Crippen molar-refractivity contribution in [2.24, 2.45) is 5.92 Å². The Kier molecular flexibility index (Phi) is 3.28. The molecule has 2 rings (SSSR count). The topological polar surface area (TPSA) is 15.3 Å². The molecule has 2 aliphatic rings. The molecule has 0 amide bonds. The van der Waals surface area contributed by atoms with E-state index < -0.39 is 0 Å². The van der Waals surface area contributed by atoms with Crippen LogP contribution >= 0.6 is 0 Å². The molecule has 1 aliphatic heterocycles. The molecule has 1 heterocycles. The van der Waals surface area contributed by atoms with Gasteiger partial charge < -0.3 is 5.32 Å². The van der Waals surface area contributed by atoms with Crippen LogP contribution in [0.5, 0.6) is 0 Å². The largest absolute Gasteiger partial charge is 0.308 e. The molecular weight excluding hydrogens is 203 g/mol. The van der Waals surface area contributed by atoms with E-state index in [1.54, 1.807) is 0 Å². The molecule has 16 heavy (non-hydrogen) atoms. The van der Waals surface area contributed by atoms with Gasteiger partial charge in [-0.1, -0.05) is 6.92 Å². The summed E-state index contributed by atoms with van der Waals surface area (Å²) in [5.41, 5.74) is 0.365. The number of nitrogens with zero attached hydrogens (tertiary/aromatic N) is 1. The Hall–Kier alpha value is -0.150. The summed E-state index contributed by atoms with van der Waals surface area (Å²) in [6.45, 7) is 9.16. The zero-order chi connectivity index (χ0) is 11.8. The van der Waals surface area contributed by atoms with Crippen molar-refractivity contribution in [3.63, 3.8) is 0 Å². The van der Waals surface area contributed by atoms with Gasteiger partial charge in [0.2, 0.25) is 0 Å². The maximum atomic E-state index is 12.7. The Morgan fingerprint density at radius 2 is 2.06 bits per heavy atom. The maximum Gasteiger partial charge on any atom is 0.102 e. The van der Waals surface area contributed by atoms with E-state index in [-0.39, 0.29) is 17.8 Å². The molecule has 1 saturated carbocycles. The van der Waals surface area contributed by atoms with Crippen molar-refractivity contribution in [1.29, 1.82) is 0 Å². The third-order valence-electron chi connectivity index (χ3n) is 4.73. The summed E-state index contributed by atoms with van der Waals surface area (Å²) in [5, 5.41) is 3.68. The fourth-order valence-electron chi connectivity index (χ4n) is 2.94. The highest BCUT2D eigenvalue weighted by Gasteiger charge is 2.50. The van der Waals surface area contributed by atoms with E-state index in [1.807, 2.05) is 0 Å². The standard InChI is InChI=1S/C13H25FN2/c1-4-12(2)10-16(8-7-14)13(3,9-15-12)11-5-6-11/h11,15H,4-10H2,1-3H3. The first-order chi connectivity index (χ1) is 7.54. The van der Waals surface area contributed by atoms with Gasteiger partial charge in [-0.2, -0.15) is 0 Å². The van der Waals surface area contributed by atoms with Crippen molar-refractivity contribution in [3.05, 3.63) is 0 Å². The fraction of sp³-hybridized carbons (Fsp3) is 1.00. The first-order valence-electron chi connectivity index (χ1n) is 6.60. The predicted octanol–water partition coefficient (Wildman–Crippen LogP) is 2.20. The van der Waals surface area contributed by atoms with E-state index in [2.05, 4.69) is 31.0 Å². The van der Waals surface area contributed by atoms with Gasteiger partial charge in [0.25, 0.3) is 0 Å². The van der Waals surface area contributed by atoms with Gasteiger partial charge >= 0.3 is 0 Å². The van der Waals surface area contributed by atoms with Gasteiger partial charge in [-0.3, -0.25) is 4.90 Å². The van der Waals surface area contributed by atoms with Gasteiger partial charge in [0.1, 0.15) is 6.67 Å². The lowest BCUT2D eigenvalue weighted by Crippen LogP contribution is -2.69. The molecule has 0 spiro atoms. The number of piperazine rings is 1. The van der Waals surface area contributed by atoms with Crippen LogP contribution in [0, 0.1) is 5.92 Å². The molecule has 0 aromatic carbocycles. The van der Waals surface area contributed by atoms with Crippen LogP contribution < -0.4 is 5.32 Å². The second kappa shape index (κ2) is 4.26. The lowest BCUT2D eigenvalue weighted by molar-refractivity contribution is 0.00163. The highest BCUT2D eigenvalue weighted by molar-refractivity contribution is 5.07. The average molecular weight is 228 g/mol. The lowest BCUT2D eigenvalue weighted by atomic mass is 9.84. The molecule has 2 nitrogen and oxygen atoms in total. The molecular formula is C13H25FN2. The molecule has 0 aromatic heterocycles. The van der Waals surface area contributed by atoms with Gasteiger partial charge in [-0.05, 0) is 39.0 Å². The average Bonchev–Trinajstić information content (AvgIpc) is 3.08. The van der Waals surface area contributed by atoms with Crippen LogP contribution in [0.25, 0.3) is 0 Å². The van der Waals surface area contributed by atoms with Gasteiger partial charge in [-0.15, -0.1) is 0 Å². The minimum Gasteiger partial charge on any atom is -0.308 e. The second-order valence-electron chi connectivity index (χ2n) is 6.01. The Bertz CT molecular complexity index is 254. The minimum absolute atomic E-state index is 0.170. The molecule has 2 unspecified atom stereocenters. The summed E-state index contributed by atoms with van der Waals surface area (Å²) >= 11 is 0. The first kappa shape index (κ1) is 12.3. The summed E-state index contributed by atoms with van der Waals surface area (Å²) in [7, 11) is 0. The maximum absolute atomic E-state index is 12.7. The van der Waals surface area contributed by atoms with Crippen molar-refractivity contribution in [2.75, 3.05) is 26.3 Å². The summed E-state index contributed by atoms with van der Waals surface area (Å²) in [4.78, 5) is 2.39. The highest BCUT2D eigenvalue weighted by atomic mass is 19.1. The van der Waals surface area contributed by atoms with Crippen LogP contribution in [0.15, 0.2) is 0 Å². The van der Waals surface area contributed by atoms with Gasteiger partial charge in [0.15, 0.2) is 0 Å². The van der Waals surface area contributed by atoms with E-state index in [9.17, 15) is 4.39 Å². The number of hydrogen-bond donors (Lipinski definition) is 1. The van der Waals surface area contributed by atoms with E-state index in [0.29, 0.717) is 6.54 Å². The molecule has 0 radical (unpaired) electrons. The molecule has 0 bridgehead atoms. The van der Waals surface area contributed by atoms with Crippen molar-refractivity contribution in [1.82, 2.24) is 10.2 Å². The summed E-state index contributed by atoms with van der Waals surface area (Å²) < 4.78 is 12.7. The van der Waals surface area contributed by atoms with Crippen LogP contribution in [0.3, 0.4) is 0 Å². The van der Waals surface area contributed by atoms with E-state index in [1.165, 1.54) is 12.8 Å².